The van der Waals surface area contributed by atoms with Crippen LogP contribution in [-0.2, 0) is 6.54 Å². The van der Waals surface area contributed by atoms with Crippen molar-refractivity contribution >= 4 is 11.4 Å². The molecule has 2 aromatic rings. The van der Waals surface area contributed by atoms with Gasteiger partial charge >= 0.3 is 0 Å². The van der Waals surface area contributed by atoms with E-state index in [9.17, 15) is 4.39 Å². The molecular formula is C14H13FN2O2. The van der Waals surface area contributed by atoms with Gasteiger partial charge in [0.1, 0.15) is 5.82 Å². The van der Waals surface area contributed by atoms with Crippen LogP contribution in [0.15, 0.2) is 36.4 Å². The third-order valence-electron chi connectivity index (χ3n) is 2.94. The van der Waals surface area contributed by atoms with Gasteiger partial charge in [-0.05, 0) is 35.9 Å². The van der Waals surface area contributed by atoms with Crippen molar-refractivity contribution in [2.75, 3.05) is 17.8 Å². The number of rotatable bonds is 3. The molecule has 19 heavy (non-hydrogen) atoms. The highest BCUT2D eigenvalue weighted by Crippen LogP contribution is 2.32. The minimum Gasteiger partial charge on any atom is -0.454 e. The molecule has 0 saturated carbocycles. The largest absolute Gasteiger partial charge is 0.454 e. The third-order valence-corrected chi connectivity index (χ3v) is 2.94. The van der Waals surface area contributed by atoms with Crippen LogP contribution >= 0.6 is 0 Å². The molecule has 0 bridgehead atoms. The summed E-state index contributed by atoms with van der Waals surface area (Å²) in [6.07, 6.45) is 0. The number of fused-ring (bicyclic) bond motifs is 1. The molecule has 0 atom stereocenters. The van der Waals surface area contributed by atoms with Gasteiger partial charge in [0.05, 0.1) is 11.4 Å². The van der Waals surface area contributed by atoms with E-state index >= 15 is 0 Å². The Morgan fingerprint density at radius 2 is 1.95 bits per heavy atom. The molecule has 2 aromatic carbocycles. The maximum absolute atomic E-state index is 13.1. The molecular weight excluding hydrogens is 247 g/mol. The van der Waals surface area contributed by atoms with Crippen LogP contribution in [0, 0.1) is 5.82 Å². The number of halogens is 1. The first-order valence-corrected chi connectivity index (χ1v) is 5.90. The van der Waals surface area contributed by atoms with Crippen LogP contribution in [0.1, 0.15) is 5.56 Å². The predicted molar refractivity (Wildman–Crippen MR) is 70.7 cm³/mol. The Morgan fingerprint density at radius 3 is 2.84 bits per heavy atom. The van der Waals surface area contributed by atoms with Gasteiger partial charge in [-0.25, -0.2) is 4.39 Å². The van der Waals surface area contributed by atoms with Crippen molar-refractivity contribution in [2.24, 2.45) is 0 Å². The van der Waals surface area contributed by atoms with Crippen molar-refractivity contribution < 1.29 is 13.9 Å². The van der Waals surface area contributed by atoms with Gasteiger partial charge in [-0.15, -0.1) is 0 Å². The molecule has 1 heterocycles. The lowest BCUT2D eigenvalue weighted by molar-refractivity contribution is 0.174. The van der Waals surface area contributed by atoms with Crippen LogP contribution in [0.2, 0.25) is 0 Å². The molecule has 0 aromatic heterocycles. The maximum Gasteiger partial charge on any atom is 0.231 e. The third kappa shape index (κ3) is 2.40. The first-order chi connectivity index (χ1) is 9.22. The minimum atomic E-state index is -0.317. The monoisotopic (exact) mass is 260 g/mol. The van der Waals surface area contributed by atoms with E-state index < -0.39 is 0 Å². The number of hydrogen-bond donors (Lipinski definition) is 2. The quantitative estimate of drug-likeness (QED) is 0.833. The molecule has 1 aliphatic heterocycles. The van der Waals surface area contributed by atoms with Gasteiger partial charge in [0, 0.05) is 6.54 Å². The van der Waals surface area contributed by atoms with Gasteiger partial charge in [0.15, 0.2) is 11.5 Å². The van der Waals surface area contributed by atoms with Crippen molar-refractivity contribution in [3.63, 3.8) is 0 Å². The van der Waals surface area contributed by atoms with Gasteiger partial charge in [-0.3, -0.25) is 0 Å². The van der Waals surface area contributed by atoms with E-state index in [0.717, 1.165) is 17.1 Å². The standard InChI is InChI=1S/C14H13FN2O2/c15-10-2-3-11(16)12(6-10)17-7-9-1-4-13-14(5-9)19-8-18-13/h1-6,17H,7-8,16H2. The van der Waals surface area contributed by atoms with Crippen LogP contribution in [0.25, 0.3) is 0 Å². The average molecular weight is 260 g/mol. The Labute approximate surface area is 109 Å². The van der Waals surface area contributed by atoms with Crippen molar-refractivity contribution in [3.05, 3.63) is 47.8 Å². The van der Waals surface area contributed by atoms with Crippen LogP contribution in [0.4, 0.5) is 15.8 Å². The highest BCUT2D eigenvalue weighted by atomic mass is 19.1. The second-order valence-corrected chi connectivity index (χ2v) is 4.27. The molecule has 0 fully saturated rings. The van der Waals surface area contributed by atoms with Gasteiger partial charge in [0.2, 0.25) is 6.79 Å². The molecule has 0 spiro atoms. The predicted octanol–water partition coefficient (Wildman–Crippen LogP) is 2.75. The Kier molecular flexibility index (Phi) is 2.87. The van der Waals surface area contributed by atoms with Gasteiger partial charge in [0.25, 0.3) is 0 Å². The molecule has 0 amide bonds. The summed E-state index contributed by atoms with van der Waals surface area (Å²) in [6.45, 7) is 0.785. The number of nitrogens with two attached hydrogens (primary N) is 1. The SMILES string of the molecule is Nc1ccc(F)cc1NCc1ccc2c(c1)OCO2. The molecule has 3 N–H and O–H groups in total. The lowest BCUT2D eigenvalue weighted by Crippen LogP contribution is -2.02. The van der Waals surface area contributed by atoms with E-state index in [2.05, 4.69) is 5.32 Å². The number of nitrogen functional groups attached to an aromatic ring is 1. The zero-order valence-electron chi connectivity index (χ0n) is 10.2. The van der Waals surface area contributed by atoms with E-state index in [1.54, 1.807) is 0 Å². The van der Waals surface area contributed by atoms with Gasteiger partial charge in [-0.1, -0.05) is 6.07 Å². The first-order valence-electron chi connectivity index (χ1n) is 5.90. The van der Waals surface area contributed by atoms with E-state index in [1.807, 2.05) is 18.2 Å². The second-order valence-electron chi connectivity index (χ2n) is 4.27. The zero-order valence-corrected chi connectivity index (χ0v) is 10.2. The molecule has 5 heteroatoms. The lowest BCUT2D eigenvalue weighted by atomic mass is 10.2. The second kappa shape index (κ2) is 4.68. The average Bonchev–Trinajstić information content (AvgIpc) is 2.87. The summed E-state index contributed by atoms with van der Waals surface area (Å²) in [5.74, 6) is 1.16. The highest BCUT2D eigenvalue weighted by molar-refractivity contribution is 5.66. The number of anilines is 2. The number of benzene rings is 2. The zero-order chi connectivity index (χ0) is 13.2. The van der Waals surface area contributed by atoms with E-state index in [-0.39, 0.29) is 12.6 Å². The van der Waals surface area contributed by atoms with Crippen LogP contribution in [0.5, 0.6) is 11.5 Å². The summed E-state index contributed by atoms with van der Waals surface area (Å²) in [4.78, 5) is 0. The Hall–Kier alpha value is -2.43. The highest BCUT2D eigenvalue weighted by Gasteiger charge is 2.13. The van der Waals surface area contributed by atoms with Crippen molar-refractivity contribution in [1.82, 2.24) is 0 Å². The fraction of sp³-hybridized carbons (Fsp3) is 0.143. The number of nitrogens with one attached hydrogen (secondary N) is 1. The summed E-state index contributed by atoms with van der Waals surface area (Å²) in [5, 5.41) is 3.10. The van der Waals surface area contributed by atoms with Crippen molar-refractivity contribution in [2.45, 2.75) is 6.54 Å². The smallest absolute Gasteiger partial charge is 0.231 e. The molecule has 0 saturated heterocycles. The van der Waals surface area contributed by atoms with Gasteiger partial charge < -0.3 is 20.5 Å². The number of ether oxygens (including phenoxy) is 2. The van der Waals surface area contributed by atoms with E-state index in [4.69, 9.17) is 15.2 Å². The summed E-state index contributed by atoms with van der Waals surface area (Å²) < 4.78 is 23.7. The summed E-state index contributed by atoms with van der Waals surface area (Å²) in [7, 11) is 0. The van der Waals surface area contributed by atoms with Crippen LogP contribution < -0.4 is 20.5 Å². The summed E-state index contributed by atoms with van der Waals surface area (Å²) in [5.41, 5.74) is 7.87. The van der Waals surface area contributed by atoms with Crippen molar-refractivity contribution in [1.29, 1.82) is 0 Å². The molecule has 98 valence electrons. The Balaban J connectivity index is 1.74. The maximum atomic E-state index is 13.1. The normalized spacial score (nSPS) is 12.5. The van der Waals surface area contributed by atoms with Crippen LogP contribution in [-0.4, -0.2) is 6.79 Å². The summed E-state index contributed by atoms with van der Waals surface area (Å²) in [6, 6.07) is 9.93. The Morgan fingerprint density at radius 1 is 1.11 bits per heavy atom. The molecule has 4 nitrogen and oxygen atoms in total. The van der Waals surface area contributed by atoms with Gasteiger partial charge in [-0.2, -0.15) is 0 Å². The minimum absolute atomic E-state index is 0.253. The Bertz CT molecular complexity index is 616. The topological polar surface area (TPSA) is 56.5 Å². The molecule has 0 unspecified atom stereocenters. The molecule has 0 aliphatic carbocycles. The van der Waals surface area contributed by atoms with E-state index in [1.165, 1.54) is 18.2 Å². The van der Waals surface area contributed by atoms with Crippen molar-refractivity contribution in [3.8, 4) is 11.5 Å². The molecule has 0 radical (unpaired) electrons. The number of hydrogen-bond acceptors (Lipinski definition) is 4. The van der Waals surface area contributed by atoms with E-state index in [0.29, 0.717) is 17.9 Å². The lowest BCUT2D eigenvalue weighted by Gasteiger charge is -2.09. The summed E-state index contributed by atoms with van der Waals surface area (Å²) >= 11 is 0. The molecule has 1 aliphatic rings. The first kappa shape index (κ1) is 11.6. The fourth-order valence-electron chi connectivity index (χ4n) is 1.93. The fourth-order valence-corrected chi connectivity index (χ4v) is 1.93. The molecule has 3 rings (SSSR count). The van der Waals surface area contributed by atoms with Crippen LogP contribution in [0.3, 0.4) is 0 Å².